The monoisotopic (exact) mass is 174 g/mol. The van der Waals surface area contributed by atoms with Crippen molar-refractivity contribution < 1.29 is 13.6 Å². The van der Waals surface area contributed by atoms with E-state index in [9.17, 15) is 13.6 Å². The van der Waals surface area contributed by atoms with Crippen LogP contribution in [0.4, 0.5) is 8.78 Å². The minimum atomic E-state index is -1.25. The summed E-state index contributed by atoms with van der Waals surface area (Å²) in [4.78, 5) is 11.1. The SMILES string of the molecule is O=C(CC1(F)CC1)CC1(F)CC1. The van der Waals surface area contributed by atoms with Crippen molar-refractivity contribution in [2.45, 2.75) is 49.9 Å². The average Bonchev–Trinajstić information content (AvgIpc) is 2.76. The molecule has 0 aromatic carbocycles. The first-order valence-electron chi connectivity index (χ1n) is 4.41. The first kappa shape index (κ1) is 8.14. The van der Waals surface area contributed by atoms with Crippen LogP contribution < -0.4 is 0 Å². The smallest absolute Gasteiger partial charge is 0.139 e. The first-order chi connectivity index (χ1) is 5.52. The molecule has 0 aliphatic heterocycles. The van der Waals surface area contributed by atoms with Crippen LogP contribution in [0, 0.1) is 0 Å². The van der Waals surface area contributed by atoms with Gasteiger partial charge in [-0.05, 0) is 25.7 Å². The van der Waals surface area contributed by atoms with Gasteiger partial charge in [0, 0.05) is 12.8 Å². The molecule has 68 valence electrons. The molecule has 1 nitrogen and oxygen atoms in total. The normalized spacial score (nSPS) is 28.2. The van der Waals surface area contributed by atoms with Gasteiger partial charge >= 0.3 is 0 Å². The highest BCUT2D eigenvalue weighted by Gasteiger charge is 2.49. The fraction of sp³-hybridized carbons (Fsp3) is 0.889. The van der Waals surface area contributed by atoms with Crippen LogP contribution >= 0.6 is 0 Å². The third kappa shape index (κ3) is 1.82. The second kappa shape index (κ2) is 2.27. The lowest BCUT2D eigenvalue weighted by Crippen LogP contribution is -2.15. The molecule has 0 radical (unpaired) electrons. The molecule has 0 unspecified atom stereocenters. The molecule has 2 fully saturated rings. The molecule has 0 amide bonds. The van der Waals surface area contributed by atoms with Gasteiger partial charge in [0.1, 0.15) is 17.1 Å². The predicted molar refractivity (Wildman–Crippen MR) is 40.4 cm³/mol. The molecule has 3 heteroatoms. The van der Waals surface area contributed by atoms with Crippen LogP contribution in [0.2, 0.25) is 0 Å². The van der Waals surface area contributed by atoms with Gasteiger partial charge < -0.3 is 0 Å². The molecule has 2 rings (SSSR count). The first-order valence-corrected chi connectivity index (χ1v) is 4.41. The lowest BCUT2D eigenvalue weighted by Gasteiger charge is -2.05. The number of hydrogen-bond acceptors (Lipinski definition) is 1. The zero-order valence-electron chi connectivity index (χ0n) is 6.91. The van der Waals surface area contributed by atoms with Gasteiger partial charge in [0.15, 0.2) is 0 Å². The number of ketones is 1. The largest absolute Gasteiger partial charge is 0.299 e. The van der Waals surface area contributed by atoms with Crippen LogP contribution in [-0.2, 0) is 4.79 Å². The van der Waals surface area contributed by atoms with Gasteiger partial charge in [-0.2, -0.15) is 0 Å². The second-order valence-corrected chi connectivity index (χ2v) is 4.19. The summed E-state index contributed by atoms with van der Waals surface area (Å²) < 4.78 is 26.0. The minimum absolute atomic E-state index is 0.0569. The number of carbonyl (C=O) groups excluding carboxylic acids is 1. The lowest BCUT2D eigenvalue weighted by molar-refractivity contribution is -0.121. The van der Waals surface area contributed by atoms with Crippen LogP contribution in [0.1, 0.15) is 38.5 Å². The van der Waals surface area contributed by atoms with E-state index < -0.39 is 11.3 Å². The average molecular weight is 174 g/mol. The van der Waals surface area contributed by atoms with E-state index in [0.717, 1.165) is 0 Å². The van der Waals surface area contributed by atoms with Crippen molar-refractivity contribution in [2.75, 3.05) is 0 Å². The number of hydrogen-bond donors (Lipinski definition) is 0. The zero-order valence-corrected chi connectivity index (χ0v) is 6.91. The van der Waals surface area contributed by atoms with Crippen LogP contribution in [0.5, 0.6) is 0 Å². The Morgan fingerprint density at radius 3 is 1.58 bits per heavy atom. The van der Waals surface area contributed by atoms with Gasteiger partial charge in [-0.25, -0.2) is 8.78 Å². The molecule has 0 heterocycles. The summed E-state index contributed by atoms with van der Waals surface area (Å²) in [5.41, 5.74) is -2.50. The standard InChI is InChI=1S/C9H12F2O/c10-8(1-2-8)5-7(12)6-9(11)3-4-9/h1-6H2. The molecule has 0 N–H and O–H groups in total. The molecule has 0 atom stereocenters. The molecule has 2 aliphatic carbocycles. The summed E-state index contributed by atoms with van der Waals surface area (Å²) in [5.74, 6) is -0.241. The Balaban J connectivity index is 1.77. The number of alkyl halides is 2. The molecule has 0 bridgehead atoms. The van der Waals surface area contributed by atoms with E-state index in [1.165, 1.54) is 0 Å². The van der Waals surface area contributed by atoms with Crippen molar-refractivity contribution in [1.29, 1.82) is 0 Å². The highest BCUT2D eigenvalue weighted by molar-refractivity contribution is 5.81. The maximum atomic E-state index is 13.0. The van der Waals surface area contributed by atoms with Gasteiger partial charge in [0.2, 0.25) is 0 Å². The maximum absolute atomic E-state index is 13.0. The van der Waals surface area contributed by atoms with E-state index in [1.807, 2.05) is 0 Å². The highest BCUT2D eigenvalue weighted by Crippen LogP contribution is 2.47. The summed E-state index contributed by atoms with van der Waals surface area (Å²) in [6.45, 7) is 0. The van der Waals surface area contributed by atoms with Crippen LogP contribution in [0.25, 0.3) is 0 Å². The highest BCUT2D eigenvalue weighted by atomic mass is 19.1. The molecular formula is C9H12F2O. The molecule has 2 aliphatic rings. The van der Waals surface area contributed by atoms with E-state index in [0.29, 0.717) is 25.7 Å². The predicted octanol–water partition coefficient (Wildman–Crippen LogP) is 2.34. The Morgan fingerprint density at radius 2 is 1.33 bits per heavy atom. The summed E-state index contributed by atoms with van der Waals surface area (Å²) in [6, 6.07) is 0. The zero-order chi connectivity index (χ0) is 8.82. The molecule has 12 heavy (non-hydrogen) atoms. The molecule has 0 saturated heterocycles. The van der Waals surface area contributed by atoms with Crippen molar-refractivity contribution in [1.82, 2.24) is 0 Å². The Bertz CT molecular complexity index is 195. The van der Waals surface area contributed by atoms with E-state index in [1.54, 1.807) is 0 Å². The van der Waals surface area contributed by atoms with Crippen LogP contribution in [0.3, 0.4) is 0 Å². The quantitative estimate of drug-likeness (QED) is 0.639. The van der Waals surface area contributed by atoms with Gasteiger partial charge in [-0.15, -0.1) is 0 Å². The Hall–Kier alpha value is -0.470. The fourth-order valence-electron chi connectivity index (χ4n) is 1.39. The van der Waals surface area contributed by atoms with Gasteiger partial charge in [-0.3, -0.25) is 4.79 Å². The van der Waals surface area contributed by atoms with Gasteiger partial charge in [0.25, 0.3) is 0 Å². The summed E-state index contributed by atoms with van der Waals surface area (Å²) in [7, 11) is 0. The van der Waals surface area contributed by atoms with E-state index >= 15 is 0 Å². The molecule has 0 aromatic heterocycles. The van der Waals surface area contributed by atoms with Crippen molar-refractivity contribution in [3.8, 4) is 0 Å². The van der Waals surface area contributed by atoms with Crippen molar-refractivity contribution in [2.24, 2.45) is 0 Å². The van der Waals surface area contributed by atoms with E-state index in [4.69, 9.17) is 0 Å². The van der Waals surface area contributed by atoms with Gasteiger partial charge in [-0.1, -0.05) is 0 Å². The lowest BCUT2D eigenvalue weighted by atomic mass is 10.1. The number of halogens is 2. The number of Topliss-reactive ketones (excluding diaryl/α,β-unsaturated/α-hetero) is 1. The third-order valence-electron chi connectivity index (χ3n) is 2.61. The van der Waals surface area contributed by atoms with Crippen molar-refractivity contribution >= 4 is 5.78 Å². The third-order valence-corrected chi connectivity index (χ3v) is 2.61. The van der Waals surface area contributed by atoms with Crippen LogP contribution in [-0.4, -0.2) is 17.1 Å². The summed E-state index contributed by atoms with van der Waals surface area (Å²) >= 11 is 0. The Morgan fingerprint density at radius 1 is 1.00 bits per heavy atom. The number of carbonyl (C=O) groups is 1. The Kier molecular flexibility index (Phi) is 1.54. The van der Waals surface area contributed by atoms with Crippen molar-refractivity contribution in [3.05, 3.63) is 0 Å². The van der Waals surface area contributed by atoms with E-state index in [2.05, 4.69) is 0 Å². The van der Waals surface area contributed by atoms with Crippen molar-refractivity contribution in [3.63, 3.8) is 0 Å². The topological polar surface area (TPSA) is 17.1 Å². The van der Waals surface area contributed by atoms with Crippen LogP contribution in [0.15, 0.2) is 0 Å². The minimum Gasteiger partial charge on any atom is -0.299 e. The van der Waals surface area contributed by atoms with E-state index in [-0.39, 0.29) is 18.6 Å². The fourth-order valence-corrected chi connectivity index (χ4v) is 1.39. The summed E-state index contributed by atoms with van der Waals surface area (Å²) in [6.07, 6.45) is 1.82. The Labute approximate surface area is 70.1 Å². The summed E-state index contributed by atoms with van der Waals surface area (Å²) in [5, 5.41) is 0. The molecular weight excluding hydrogens is 162 g/mol. The molecule has 2 saturated carbocycles. The number of rotatable bonds is 4. The molecule has 0 aromatic rings. The van der Waals surface area contributed by atoms with Gasteiger partial charge in [0.05, 0.1) is 0 Å². The second-order valence-electron chi connectivity index (χ2n) is 4.19. The molecule has 0 spiro atoms. The maximum Gasteiger partial charge on any atom is 0.139 e.